The maximum Gasteiger partial charge on any atom is 0.339 e. The van der Waals surface area contributed by atoms with Gasteiger partial charge in [-0.1, -0.05) is 18.2 Å². The Balaban J connectivity index is 1.68. The van der Waals surface area contributed by atoms with Crippen LogP contribution in [0.1, 0.15) is 20.9 Å². The number of halogens is 1. The Morgan fingerprint density at radius 2 is 1.96 bits per heavy atom. The van der Waals surface area contributed by atoms with Gasteiger partial charge in [0.15, 0.2) is 5.76 Å². The van der Waals surface area contributed by atoms with Crippen molar-refractivity contribution in [1.29, 1.82) is 0 Å². The fourth-order valence-electron chi connectivity index (χ4n) is 2.56. The summed E-state index contributed by atoms with van der Waals surface area (Å²) in [6.45, 7) is 0. The van der Waals surface area contributed by atoms with Crippen LogP contribution in [0.3, 0.4) is 0 Å². The van der Waals surface area contributed by atoms with Crippen LogP contribution in [0.2, 0.25) is 0 Å². The summed E-state index contributed by atoms with van der Waals surface area (Å²) in [5.74, 6) is -1.44. The summed E-state index contributed by atoms with van der Waals surface area (Å²) in [6, 6.07) is 12.6. The van der Waals surface area contributed by atoms with Gasteiger partial charge < -0.3 is 14.8 Å². The van der Waals surface area contributed by atoms with E-state index in [4.69, 9.17) is 4.42 Å². The van der Waals surface area contributed by atoms with Crippen molar-refractivity contribution < 1.29 is 19.1 Å². The summed E-state index contributed by atoms with van der Waals surface area (Å²) < 4.78 is 6.44. The summed E-state index contributed by atoms with van der Waals surface area (Å²) in [5.41, 5.74) is 1.26. The van der Waals surface area contributed by atoms with Crippen LogP contribution in [0.5, 0.6) is 0 Å². The van der Waals surface area contributed by atoms with Gasteiger partial charge in [-0.15, -0.1) is 22.7 Å². The molecule has 0 atom stereocenters. The van der Waals surface area contributed by atoms with Gasteiger partial charge in [0, 0.05) is 21.2 Å². The number of benzene rings is 1. The van der Waals surface area contributed by atoms with Gasteiger partial charge in [0.2, 0.25) is 0 Å². The molecule has 3 heterocycles. The van der Waals surface area contributed by atoms with E-state index < -0.39 is 11.9 Å². The van der Waals surface area contributed by atoms with Crippen molar-refractivity contribution >= 4 is 66.5 Å². The third-order valence-corrected chi connectivity index (χ3v) is 6.27. The maximum absolute atomic E-state index is 12.5. The molecular weight excluding hydrogens is 438 g/mol. The number of carbonyl (C=O) groups is 2. The average Bonchev–Trinajstić information content (AvgIpc) is 3.31. The predicted molar refractivity (Wildman–Crippen MR) is 106 cm³/mol. The third-order valence-electron chi connectivity index (χ3n) is 3.72. The minimum absolute atomic E-state index is 0.0776. The van der Waals surface area contributed by atoms with Crippen LogP contribution >= 0.6 is 38.6 Å². The van der Waals surface area contributed by atoms with Gasteiger partial charge in [-0.3, -0.25) is 4.79 Å². The highest BCUT2D eigenvalue weighted by Gasteiger charge is 2.23. The summed E-state index contributed by atoms with van der Waals surface area (Å²) >= 11 is 5.99. The van der Waals surface area contributed by atoms with Gasteiger partial charge in [-0.05, 0) is 40.2 Å². The molecule has 0 unspecified atom stereocenters. The van der Waals surface area contributed by atoms with E-state index in [1.165, 1.54) is 22.7 Å². The number of thiophene rings is 2. The van der Waals surface area contributed by atoms with E-state index in [9.17, 15) is 14.7 Å². The number of fused-ring (bicyclic) bond motifs is 1. The number of aromatic carboxylic acids is 1. The Morgan fingerprint density at radius 1 is 1.15 bits per heavy atom. The molecule has 130 valence electrons. The summed E-state index contributed by atoms with van der Waals surface area (Å²) in [5, 5.41) is 15.1. The van der Waals surface area contributed by atoms with E-state index in [0.29, 0.717) is 11.1 Å². The Hall–Kier alpha value is -2.42. The first-order valence-electron chi connectivity index (χ1n) is 7.43. The number of furan rings is 1. The summed E-state index contributed by atoms with van der Waals surface area (Å²) in [4.78, 5) is 25.1. The number of para-hydroxylation sites is 1. The van der Waals surface area contributed by atoms with Gasteiger partial charge in [-0.25, -0.2) is 4.79 Å². The number of carbonyl (C=O) groups excluding carboxylic acids is 1. The minimum atomic E-state index is -1.09. The Kier molecular flexibility index (Phi) is 4.39. The standard InChI is InChI=1S/C18H10BrNO4S2/c19-14-6-5-13(26-14)10-8-25-17(15(10)18(22)23)20-16(21)12-7-9-3-1-2-4-11(9)24-12/h1-8H,(H,20,21)(H,22,23). The quantitative estimate of drug-likeness (QED) is 0.405. The second kappa shape index (κ2) is 6.71. The number of hydrogen-bond donors (Lipinski definition) is 2. The van der Waals surface area contributed by atoms with Gasteiger partial charge in [0.1, 0.15) is 16.1 Å². The van der Waals surface area contributed by atoms with Crippen LogP contribution < -0.4 is 5.32 Å². The van der Waals surface area contributed by atoms with Gasteiger partial charge in [0.25, 0.3) is 5.91 Å². The first-order chi connectivity index (χ1) is 12.5. The van der Waals surface area contributed by atoms with E-state index in [0.717, 1.165) is 14.0 Å². The molecule has 5 nitrogen and oxygen atoms in total. The van der Waals surface area contributed by atoms with Crippen LogP contribution in [-0.2, 0) is 0 Å². The maximum atomic E-state index is 12.5. The normalized spacial score (nSPS) is 11.0. The zero-order valence-corrected chi connectivity index (χ0v) is 16.2. The van der Waals surface area contributed by atoms with Crippen molar-refractivity contribution in [2.75, 3.05) is 5.32 Å². The topological polar surface area (TPSA) is 79.5 Å². The van der Waals surface area contributed by atoms with Crippen LogP contribution in [0.4, 0.5) is 5.00 Å². The van der Waals surface area contributed by atoms with Gasteiger partial charge in [-0.2, -0.15) is 0 Å². The van der Waals surface area contributed by atoms with E-state index in [-0.39, 0.29) is 16.3 Å². The highest BCUT2D eigenvalue weighted by molar-refractivity contribution is 9.11. The number of carboxylic acid groups (broad SMARTS) is 1. The molecule has 0 aliphatic heterocycles. The highest BCUT2D eigenvalue weighted by atomic mass is 79.9. The molecule has 0 spiro atoms. The van der Waals surface area contributed by atoms with E-state index >= 15 is 0 Å². The highest BCUT2D eigenvalue weighted by Crippen LogP contribution is 2.40. The molecule has 0 radical (unpaired) electrons. The van der Waals surface area contributed by atoms with Crippen LogP contribution in [0.25, 0.3) is 21.4 Å². The van der Waals surface area contributed by atoms with Gasteiger partial charge >= 0.3 is 5.97 Å². The third kappa shape index (κ3) is 3.07. The van der Waals surface area contributed by atoms with Crippen LogP contribution in [0.15, 0.2) is 56.0 Å². The number of amides is 1. The fraction of sp³-hybridized carbons (Fsp3) is 0. The predicted octanol–water partition coefficient (Wildman–Crippen LogP) is 5.94. The van der Waals surface area contributed by atoms with Crippen molar-refractivity contribution in [3.8, 4) is 10.4 Å². The molecule has 0 saturated carbocycles. The number of rotatable bonds is 4. The smallest absolute Gasteiger partial charge is 0.339 e. The molecule has 0 bridgehead atoms. The molecule has 4 rings (SSSR count). The first kappa shape index (κ1) is 17.0. The Labute approximate surface area is 164 Å². The van der Waals surface area contributed by atoms with E-state index in [1.807, 2.05) is 30.3 Å². The molecule has 0 fully saturated rings. The molecule has 26 heavy (non-hydrogen) atoms. The lowest BCUT2D eigenvalue weighted by molar-refractivity contribution is 0.0699. The summed E-state index contributed by atoms with van der Waals surface area (Å²) in [7, 11) is 0. The lowest BCUT2D eigenvalue weighted by Crippen LogP contribution is -2.12. The molecule has 2 N–H and O–H groups in total. The number of carboxylic acids is 1. The Bertz CT molecular complexity index is 1110. The van der Waals surface area contributed by atoms with Crippen LogP contribution in [0, 0.1) is 0 Å². The van der Waals surface area contributed by atoms with E-state index in [2.05, 4.69) is 21.2 Å². The summed E-state index contributed by atoms with van der Waals surface area (Å²) in [6.07, 6.45) is 0. The molecule has 0 saturated heterocycles. The monoisotopic (exact) mass is 447 g/mol. The number of nitrogens with one attached hydrogen (secondary N) is 1. The van der Waals surface area contributed by atoms with Crippen molar-refractivity contribution in [3.63, 3.8) is 0 Å². The lowest BCUT2D eigenvalue weighted by Gasteiger charge is -2.03. The number of anilines is 1. The molecule has 1 amide bonds. The SMILES string of the molecule is O=C(Nc1scc(-c2ccc(Br)s2)c1C(=O)O)c1cc2ccccc2o1. The molecule has 0 aliphatic carbocycles. The lowest BCUT2D eigenvalue weighted by atomic mass is 10.1. The molecular formula is C18H10BrNO4S2. The fourth-order valence-corrected chi connectivity index (χ4v) is 4.99. The van der Waals surface area contributed by atoms with Crippen molar-refractivity contribution in [2.24, 2.45) is 0 Å². The minimum Gasteiger partial charge on any atom is -0.478 e. The molecule has 8 heteroatoms. The average molecular weight is 448 g/mol. The number of hydrogen-bond acceptors (Lipinski definition) is 5. The van der Waals surface area contributed by atoms with Crippen molar-refractivity contribution in [1.82, 2.24) is 0 Å². The first-order valence-corrected chi connectivity index (χ1v) is 9.92. The molecule has 3 aromatic heterocycles. The molecule has 1 aromatic carbocycles. The molecule has 0 aliphatic rings. The Morgan fingerprint density at radius 3 is 2.65 bits per heavy atom. The molecule has 4 aromatic rings. The van der Waals surface area contributed by atoms with Crippen LogP contribution in [-0.4, -0.2) is 17.0 Å². The second-order valence-corrected chi connectivity index (χ2v) is 8.71. The zero-order chi connectivity index (χ0) is 18.3. The zero-order valence-electron chi connectivity index (χ0n) is 13.0. The van der Waals surface area contributed by atoms with Gasteiger partial charge in [0.05, 0.1) is 3.79 Å². The largest absolute Gasteiger partial charge is 0.478 e. The second-order valence-electron chi connectivity index (χ2n) is 5.37. The van der Waals surface area contributed by atoms with E-state index in [1.54, 1.807) is 17.5 Å². The van der Waals surface area contributed by atoms with Crippen molar-refractivity contribution in [2.45, 2.75) is 0 Å². The van der Waals surface area contributed by atoms with Crippen molar-refractivity contribution in [3.05, 3.63) is 63.0 Å².